The van der Waals surface area contributed by atoms with E-state index in [0.717, 1.165) is 0 Å². The summed E-state index contributed by atoms with van der Waals surface area (Å²) in [5.74, 6) is 0. The lowest BCUT2D eigenvalue weighted by Crippen LogP contribution is -2.35. The number of aromatic nitrogens is 3. The second-order valence-electron chi connectivity index (χ2n) is 9.54. The van der Waals surface area contributed by atoms with Gasteiger partial charge in [0, 0.05) is 47.2 Å². The number of halogens is 2. The van der Waals surface area contributed by atoms with E-state index in [4.69, 9.17) is 0 Å². The molecule has 0 bridgehead atoms. The zero-order valence-electron chi connectivity index (χ0n) is 18.6. The van der Waals surface area contributed by atoms with E-state index in [9.17, 15) is 22.5 Å². The van der Waals surface area contributed by atoms with Gasteiger partial charge in [0.1, 0.15) is 17.8 Å². The Morgan fingerprint density at radius 3 is 2.55 bits per heavy atom. The molecule has 2 heterocycles. The maximum Gasteiger partial charge on any atom is 0.258 e. The average Bonchev–Trinajstić information content (AvgIpc) is 3.56. The maximum absolute atomic E-state index is 14.1. The molecule has 7 nitrogen and oxygen atoms in total. The van der Waals surface area contributed by atoms with Gasteiger partial charge in [0.2, 0.25) is 10.0 Å². The summed E-state index contributed by atoms with van der Waals surface area (Å²) in [6, 6.07) is 5.52. The van der Waals surface area contributed by atoms with Gasteiger partial charge in [-0.2, -0.15) is 5.26 Å². The molecule has 0 radical (unpaired) electrons. The van der Waals surface area contributed by atoms with Crippen LogP contribution in [0.15, 0.2) is 36.8 Å². The first-order valence-corrected chi connectivity index (χ1v) is 12.2. The van der Waals surface area contributed by atoms with Gasteiger partial charge in [-0.05, 0) is 24.3 Å². The van der Waals surface area contributed by atoms with Crippen LogP contribution in [0.3, 0.4) is 0 Å². The number of nitriles is 1. The molecule has 1 fully saturated rings. The number of hydrogen-bond donors (Lipinski definition) is 1. The molecule has 33 heavy (non-hydrogen) atoms. The van der Waals surface area contributed by atoms with E-state index in [1.54, 1.807) is 24.4 Å². The minimum absolute atomic E-state index is 0.161. The highest BCUT2D eigenvalue weighted by Crippen LogP contribution is 2.36. The van der Waals surface area contributed by atoms with E-state index in [1.807, 2.05) is 31.4 Å². The first kappa shape index (κ1) is 23.3. The van der Waals surface area contributed by atoms with Crippen molar-refractivity contribution >= 4 is 20.9 Å². The van der Waals surface area contributed by atoms with Crippen LogP contribution < -0.4 is 4.72 Å². The molecule has 0 saturated heterocycles. The van der Waals surface area contributed by atoms with Crippen LogP contribution in [0.5, 0.6) is 0 Å². The van der Waals surface area contributed by atoms with Crippen molar-refractivity contribution in [3.8, 4) is 17.3 Å². The molecule has 0 amide bonds. The Balaban J connectivity index is 1.87. The van der Waals surface area contributed by atoms with Gasteiger partial charge in [0.25, 0.3) is 6.43 Å². The van der Waals surface area contributed by atoms with E-state index in [-0.39, 0.29) is 16.7 Å². The summed E-state index contributed by atoms with van der Waals surface area (Å²) >= 11 is 0. The Hall–Kier alpha value is -2.90. The quantitative estimate of drug-likeness (QED) is 0.548. The van der Waals surface area contributed by atoms with Crippen LogP contribution in [-0.2, 0) is 16.6 Å². The fourth-order valence-corrected chi connectivity index (χ4v) is 5.42. The molecule has 1 saturated carbocycles. The van der Waals surface area contributed by atoms with Crippen LogP contribution in [0.2, 0.25) is 0 Å². The lowest BCUT2D eigenvalue weighted by Gasteiger charge is -2.20. The molecule has 4 rings (SSSR count). The second kappa shape index (κ2) is 8.47. The van der Waals surface area contributed by atoms with Crippen LogP contribution in [0.4, 0.5) is 8.78 Å². The summed E-state index contributed by atoms with van der Waals surface area (Å²) in [5, 5.41) is 9.31. The summed E-state index contributed by atoms with van der Waals surface area (Å²) in [6.45, 7) is 6.60. The third-order valence-corrected chi connectivity index (χ3v) is 7.41. The van der Waals surface area contributed by atoms with Gasteiger partial charge in [-0.1, -0.05) is 32.9 Å². The lowest BCUT2D eigenvalue weighted by molar-refractivity contribution is 0.109. The molecule has 3 aromatic rings. The highest BCUT2D eigenvalue weighted by atomic mass is 32.2. The van der Waals surface area contributed by atoms with Gasteiger partial charge >= 0.3 is 0 Å². The highest BCUT2D eigenvalue weighted by Gasteiger charge is 2.40. The number of nitrogens with zero attached hydrogens (tertiary/aromatic N) is 4. The zero-order chi connectivity index (χ0) is 24.0. The largest absolute Gasteiger partial charge is 0.347 e. The standard InChI is InChI=1S/C23H25F2N5O2S/c1-23(2,3)13-30-12-17(21(22(24)25)29-33(31,32)15-5-6-15)16-7-4-14(10-19(16)30)20-18(11-26)27-8-9-28-20/h4,7-10,12,15,21-22,29H,5-6,13H2,1-3H3. The summed E-state index contributed by atoms with van der Waals surface area (Å²) in [5.41, 5.74) is 1.89. The molecular formula is C23H25F2N5O2S. The van der Waals surface area contributed by atoms with Crippen LogP contribution in [0, 0.1) is 16.7 Å². The molecular weight excluding hydrogens is 448 g/mol. The monoisotopic (exact) mass is 473 g/mol. The summed E-state index contributed by atoms with van der Waals surface area (Å²) < 4.78 is 57.3. The van der Waals surface area contributed by atoms with Crippen LogP contribution in [0.25, 0.3) is 22.2 Å². The molecule has 1 aromatic carbocycles. The van der Waals surface area contributed by atoms with Gasteiger partial charge in [0.15, 0.2) is 5.69 Å². The van der Waals surface area contributed by atoms with E-state index >= 15 is 0 Å². The van der Waals surface area contributed by atoms with Crippen LogP contribution in [0.1, 0.15) is 50.9 Å². The smallest absolute Gasteiger partial charge is 0.258 e. The van der Waals surface area contributed by atoms with Gasteiger partial charge in [-0.3, -0.25) is 4.98 Å². The predicted octanol–water partition coefficient (Wildman–Crippen LogP) is 4.40. The maximum atomic E-state index is 14.1. The number of alkyl halides is 2. The van der Waals surface area contributed by atoms with Crippen molar-refractivity contribution in [3.63, 3.8) is 0 Å². The van der Waals surface area contributed by atoms with Crippen LogP contribution >= 0.6 is 0 Å². The Morgan fingerprint density at radius 2 is 1.94 bits per heavy atom. The molecule has 1 aliphatic carbocycles. The third kappa shape index (κ3) is 4.89. The Kier molecular flexibility index (Phi) is 5.97. The van der Waals surface area contributed by atoms with Crippen molar-refractivity contribution in [2.24, 2.45) is 5.41 Å². The molecule has 1 unspecified atom stereocenters. The predicted molar refractivity (Wildman–Crippen MR) is 121 cm³/mol. The van der Waals surface area contributed by atoms with Crippen molar-refractivity contribution in [3.05, 3.63) is 48.0 Å². The minimum atomic E-state index is -3.83. The van der Waals surface area contributed by atoms with Gasteiger partial charge in [-0.25, -0.2) is 26.9 Å². The summed E-state index contributed by atoms with van der Waals surface area (Å²) in [7, 11) is -3.83. The van der Waals surface area contributed by atoms with Crippen LogP contribution in [-0.4, -0.2) is 34.6 Å². The average molecular weight is 474 g/mol. The highest BCUT2D eigenvalue weighted by molar-refractivity contribution is 7.90. The van der Waals surface area contributed by atoms with E-state index in [1.165, 1.54) is 12.4 Å². The molecule has 10 heteroatoms. The van der Waals surface area contributed by atoms with Gasteiger partial charge in [0.05, 0.1) is 5.25 Å². The Bertz CT molecular complexity index is 1340. The number of rotatable bonds is 7. The van der Waals surface area contributed by atoms with Gasteiger partial charge in [-0.15, -0.1) is 0 Å². The second-order valence-corrected chi connectivity index (χ2v) is 11.5. The SMILES string of the molecule is CC(C)(C)Cn1cc(C(NS(=O)(=O)C2CC2)C(F)F)c2ccc(-c3nccnc3C#N)cc21. The molecule has 1 atom stereocenters. The van der Waals surface area contributed by atoms with Gasteiger partial charge < -0.3 is 4.57 Å². The number of benzene rings is 1. The normalized spacial score (nSPS) is 15.7. The topological polar surface area (TPSA) is 101 Å². The first-order valence-electron chi connectivity index (χ1n) is 10.6. The Labute approximate surface area is 191 Å². The van der Waals surface area contributed by atoms with Crippen molar-refractivity contribution in [2.45, 2.75) is 57.9 Å². The summed E-state index contributed by atoms with van der Waals surface area (Å²) in [6.07, 6.45) is 2.57. The fourth-order valence-electron chi connectivity index (χ4n) is 3.89. The van der Waals surface area contributed by atoms with E-state index < -0.39 is 27.7 Å². The zero-order valence-corrected chi connectivity index (χ0v) is 19.4. The molecule has 174 valence electrons. The third-order valence-electron chi connectivity index (χ3n) is 5.48. The molecule has 0 aliphatic heterocycles. The van der Waals surface area contributed by atoms with Crippen molar-refractivity contribution in [2.75, 3.05) is 0 Å². The lowest BCUT2D eigenvalue weighted by atomic mass is 9.97. The minimum Gasteiger partial charge on any atom is -0.347 e. The fraction of sp³-hybridized carbons (Fsp3) is 0.435. The molecule has 1 aliphatic rings. The number of sulfonamides is 1. The number of nitrogens with one attached hydrogen (secondary N) is 1. The van der Waals surface area contributed by atoms with E-state index in [2.05, 4.69) is 14.7 Å². The molecule has 0 spiro atoms. The molecule has 1 N–H and O–H groups in total. The van der Waals surface area contributed by atoms with Crippen molar-refractivity contribution < 1.29 is 17.2 Å². The van der Waals surface area contributed by atoms with E-state index in [0.29, 0.717) is 41.5 Å². The number of hydrogen-bond acceptors (Lipinski definition) is 5. The molecule has 2 aromatic heterocycles. The Morgan fingerprint density at radius 1 is 1.24 bits per heavy atom. The summed E-state index contributed by atoms with van der Waals surface area (Å²) in [4.78, 5) is 8.32. The van der Waals surface area contributed by atoms with Crippen molar-refractivity contribution in [1.29, 1.82) is 5.26 Å². The first-order chi connectivity index (χ1) is 15.5. The van der Waals surface area contributed by atoms with Crippen molar-refractivity contribution in [1.82, 2.24) is 19.3 Å². The number of fused-ring (bicyclic) bond motifs is 1.